The van der Waals surface area contributed by atoms with Gasteiger partial charge >= 0.3 is 5.97 Å². The van der Waals surface area contributed by atoms with E-state index >= 15 is 0 Å². The minimum atomic E-state index is -0.688. The minimum absolute atomic E-state index is 0. The van der Waals surface area contributed by atoms with Crippen molar-refractivity contribution in [3.8, 4) is 0 Å². The molecule has 1 aromatic rings. The van der Waals surface area contributed by atoms with Crippen LogP contribution in [0.15, 0.2) is 24.3 Å². The molecule has 1 unspecified atom stereocenters. The predicted octanol–water partition coefficient (Wildman–Crippen LogP) is 2.19. The van der Waals surface area contributed by atoms with Gasteiger partial charge in [0.1, 0.15) is 0 Å². The van der Waals surface area contributed by atoms with Gasteiger partial charge in [-0.2, -0.15) is 0 Å². The molecule has 2 nitrogen and oxygen atoms in total. The zero-order chi connectivity index (χ0) is 9.26. The fourth-order valence-electron chi connectivity index (χ4n) is 2.01. The molecule has 14 heavy (non-hydrogen) atoms. The Morgan fingerprint density at radius 1 is 1.36 bits per heavy atom. The molecule has 1 aliphatic rings. The molecule has 1 atom stereocenters. The molecule has 0 bridgehead atoms. The first-order valence-electron chi connectivity index (χ1n) is 4.59. The number of carboxylic acid groups (broad SMARTS) is 1. The van der Waals surface area contributed by atoms with Crippen LogP contribution in [0, 0.1) is 0 Å². The largest absolute Gasteiger partial charge is 0.481 e. The molecule has 0 fully saturated rings. The Hall–Kier alpha value is -0.206. The van der Waals surface area contributed by atoms with Crippen molar-refractivity contribution < 1.29 is 42.6 Å². The molecule has 0 saturated carbocycles. The van der Waals surface area contributed by atoms with Gasteiger partial charge in [0.2, 0.25) is 0 Å². The maximum absolute atomic E-state index is 10.9. The first kappa shape index (κ1) is 11.9. The molecule has 0 spiro atoms. The van der Waals surface area contributed by atoms with Gasteiger partial charge in [-0.05, 0) is 30.4 Å². The summed E-state index contributed by atoms with van der Waals surface area (Å²) in [6.45, 7) is 0. The van der Waals surface area contributed by atoms with Crippen molar-refractivity contribution >= 4 is 5.97 Å². The Labute approximate surface area is 109 Å². The number of fused-ring (bicyclic) bond motifs is 1. The van der Waals surface area contributed by atoms with Crippen LogP contribution in [0.4, 0.5) is 0 Å². The van der Waals surface area contributed by atoms with Crippen LogP contribution in [-0.4, -0.2) is 11.1 Å². The number of hydrogen-bond donors (Lipinski definition) is 1. The average Bonchev–Trinajstić information content (AvgIpc) is 2.17. The first-order valence-corrected chi connectivity index (χ1v) is 4.59. The monoisotopic (exact) mass is 265 g/mol. The molecule has 1 radical (unpaired) electrons. The smallest absolute Gasteiger partial charge is 0.310 e. The topological polar surface area (TPSA) is 37.3 Å². The number of benzene rings is 1. The summed E-state index contributed by atoms with van der Waals surface area (Å²) in [6, 6.07) is 7.86. The Bertz CT molecular complexity index is 336. The molecule has 2 rings (SSSR count). The van der Waals surface area contributed by atoms with Crippen LogP contribution < -0.4 is 0 Å². The van der Waals surface area contributed by atoms with Crippen LogP contribution >= 0.6 is 0 Å². The third-order valence-corrected chi connectivity index (χ3v) is 2.67. The summed E-state index contributed by atoms with van der Waals surface area (Å²) < 4.78 is 0. The SMILES string of the molecule is O=C(O)C1CCCc2ccccc21.[Y]. The van der Waals surface area contributed by atoms with Gasteiger partial charge in [0.25, 0.3) is 0 Å². The molecule has 0 aliphatic heterocycles. The van der Waals surface area contributed by atoms with Crippen LogP contribution in [-0.2, 0) is 43.9 Å². The molecule has 0 saturated heterocycles. The van der Waals surface area contributed by atoms with Gasteiger partial charge in [-0.3, -0.25) is 4.79 Å². The number of aryl methyl sites for hydroxylation is 1. The number of carboxylic acids is 1. The molecule has 1 aromatic carbocycles. The van der Waals surface area contributed by atoms with Crippen molar-refractivity contribution in [3.63, 3.8) is 0 Å². The molecule has 0 heterocycles. The van der Waals surface area contributed by atoms with E-state index in [0.717, 1.165) is 24.8 Å². The fraction of sp³-hybridized carbons (Fsp3) is 0.364. The van der Waals surface area contributed by atoms with Crippen molar-refractivity contribution in [1.82, 2.24) is 0 Å². The van der Waals surface area contributed by atoms with Gasteiger partial charge in [0.15, 0.2) is 0 Å². The molecular formula is C11H12O2Y. The summed E-state index contributed by atoms with van der Waals surface area (Å²) in [5.74, 6) is -0.961. The molecule has 1 N–H and O–H groups in total. The quantitative estimate of drug-likeness (QED) is 0.845. The molecule has 0 amide bonds. The summed E-state index contributed by atoms with van der Waals surface area (Å²) in [5, 5.41) is 8.99. The second-order valence-corrected chi connectivity index (χ2v) is 3.48. The molecule has 3 heteroatoms. The van der Waals surface area contributed by atoms with Gasteiger partial charge in [-0.15, -0.1) is 0 Å². The molecule has 71 valence electrons. The Balaban J connectivity index is 0.000000980. The van der Waals surface area contributed by atoms with Crippen LogP contribution in [0.1, 0.15) is 29.9 Å². The standard InChI is InChI=1S/C11H12O2.Y/c12-11(13)10-7-3-5-8-4-1-2-6-9(8)10;/h1-2,4,6,10H,3,5,7H2,(H,12,13);. The number of rotatable bonds is 1. The number of carbonyl (C=O) groups is 1. The maximum atomic E-state index is 10.9. The maximum Gasteiger partial charge on any atom is 0.310 e. The average molecular weight is 265 g/mol. The molecule has 1 aliphatic carbocycles. The molecular weight excluding hydrogens is 253 g/mol. The fourth-order valence-corrected chi connectivity index (χ4v) is 2.01. The van der Waals surface area contributed by atoms with Crippen molar-refractivity contribution in [2.75, 3.05) is 0 Å². The summed E-state index contributed by atoms with van der Waals surface area (Å²) >= 11 is 0. The van der Waals surface area contributed by atoms with Gasteiger partial charge in [-0.1, -0.05) is 24.3 Å². The van der Waals surface area contributed by atoms with E-state index in [1.54, 1.807) is 0 Å². The zero-order valence-electron chi connectivity index (χ0n) is 7.94. The number of hydrogen-bond acceptors (Lipinski definition) is 1. The second-order valence-electron chi connectivity index (χ2n) is 3.48. The Morgan fingerprint density at radius 2 is 2.07 bits per heavy atom. The van der Waals surface area contributed by atoms with Gasteiger partial charge < -0.3 is 5.11 Å². The number of aliphatic carboxylic acids is 1. The second kappa shape index (κ2) is 5.04. The third-order valence-electron chi connectivity index (χ3n) is 2.67. The van der Waals surface area contributed by atoms with E-state index in [9.17, 15) is 4.79 Å². The Morgan fingerprint density at radius 3 is 2.79 bits per heavy atom. The van der Waals surface area contributed by atoms with Crippen molar-refractivity contribution in [3.05, 3.63) is 35.4 Å². The van der Waals surface area contributed by atoms with Gasteiger partial charge in [-0.25, -0.2) is 0 Å². The van der Waals surface area contributed by atoms with Crippen LogP contribution in [0.5, 0.6) is 0 Å². The van der Waals surface area contributed by atoms with E-state index in [-0.39, 0.29) is 38.6 Å². The Kier molecular flexibility index (Phi) is 4.27. The van der Waals surface area contributed by atoms with Crippen molar-refractivity contribution in [2.45, 2.75) is 25.2 Å². The summed E-state index contributed by atoms with van der Waals surface area (Å²) in [5.41, 5.74) is 2.22. The van der Waals surface area contributed by atoms with Crippen LogP contribution in [0.3, 0.4) is 0 Å². The predicted molar refractivity (Wildman–Crippen MR) is 49.8 cm³/mol. The van der Waals surface area contributed by atoms with Crippen LogP contribution in [0.25, 0.3) is 0 Å². The van der Waals surface area contributed by atoms with Crippen LogP contribution in [0.2, 0.25) is 0 Å². The van der Waals surface area contributed by atoms with Gasteiger partial charge in [0.05, 0.1) is 5.92 Å². The zero-order valence-corrected chi connectivity index (χ0v) is 10.8. The van der Waals surface area contributed by atoms with E-state index in [2.05, 4.69) is 0 Å². The summed E-state index contributed by atoms with van der Waals surface area (Å²) in [4.78, 5) is 10.9. The normalized spacial score (nSPS) is 19.3. The summed E-state index contributed by atoms with van der Waals surface area (Å²) in [7, 11) is 0. The van der Waals surface area contributed by atoms with E-state index in [0.29, 0.717) is 0 Å². The van der Waals surface area contributed by atoms with E-state index < -0.39 is 5.97 Å². The van der Waals surface area contributed by atoms with E-state index in [1.165, 1.54) is 5.56 Å². The third kappa shape index (κ3) is 2.24. The first-order chi connectivity index (χ1) is 6.29. The minimum Gasteiger partial charge on any atom is -0.481 e. The molecule has 0 aromatic heterocycles. The van der Waals surface area contributed by atoms with Gasteiger partial charge in [0, 0.05) is 32.7 Å². The summed E-state index contributed by atoms with van der Waals surface area (Å²) in [6.07, 6.45) is 2.81. The van der Waals surface area contributed by atoms with E-state index in [1.807, 2.05) is 24.3 Å². The van der Waals surface area contributed by atoms with Crippen molar-refractivity contribution in [1.29, 1.82) is 0 Å². The van der Waals surface area contributed by atoms with Crippen molar-refractivity contribution in [2.24, 2.45) is 0 Å². The van der Waals surface area contributed by atoms with E-state index in [4.69, 9.17) is 5.11 Å².